The number of hydrogen-bond acceptors (Lipinski definition) is 2. The summed E-state index contributed by atoms with van der Waals surface area (Å²) in [5.41, 5.74) is 0.756. The lowest BCUT2D eigenvalue weighted by Crippen LogP contribution is -2.41. The third kappa shape index (κ3) is 3.32. The quantitative estimate of drug-likeness (QED) is 0.912. The van der Waals surface area contributed by atoms with E-state index in [0.717, 1.165) is 24.6 Å². The standard InChI is InChI=1S/C15H20FNO2/c1-10-4-3-5-17(11(10)2)9-12-6-13(15(18)19)8-14(16)7-12/h6-8,10-11H,3-5,9H2,1-2H3,(H,18,19). The van der Waals surface area contributed by atoms with E-state index in [-0.39, 0.29) is 5.56 Å². The number of nitrogens with zero attached hydrogens (tertiary/aromatic N) is 1. The van der Waals surface area contributed by atoms with Gasteiger partial charge in [-0.15, -0.1) is 0 Å². The molecule has 0 amide bonds. The molecule has 1 aromatic rings. The van der Waals surface area contributed by atoms with Gasteiger partial charge in [-0.2, -0.15) is 0 Å². The Kier molecular flexibility index (Phi) is 4.20. The van der Waals surface area contributed by atoms with Crippen molar-refractivity contribution < 1.29 is 14.3 Å². The molecule has 1 aliphatic rings. The first kappa shape index (κ1) is 14.0. The van der Waals surface area contributed by atoms with Crippen molar-refractivity contribution in [3.8, 4) is 0 Å². The number of carbonyl (C=O) groups is 1. The minimum Gasteiger partial charge on any atom is -0.478 e. The Morgan fingerprint density at radius 2 is 2.16 bits per heavy atom. The average molecular weight is 265 g/mol. The van der Waals surface area contributed by atoms with Crippen LogP contribution in [-0.4, -0.2) is 28.6 Å². The molecule has 0 spiro atoms. The van der Waals surface area contributed by atoms with Crippen molar-refractivity contribution in [3.05, 3.63) is 35.1 Å². The first-order valence-corrected chi connectivity index (χ1v) is 6.74. The summed E-state index contributed by atoms with van der Waals surface area (Å²) >= 11 is 0. The topological polar surface area (TPSA) is 40.5 Å². The number of rotatable bonds is 3. The van der Waals surface area contributed by atoms with E-state index in [9.17, 15) is 9.18 Å². The molecule has 0 bridgehead atoms. The number of halogens is 1. The smallest absolute Gasteiger partial charge is 0.335 e. The zero-order valence-corrected chi connectivity index (χ0v) is 11.4. The van der Waals surface area contributed by atoms with Crippen molar-refractivity contribution in [1.29, 1.82) is 0 Å². The Hall–Kier alpha value is -1.42. The van der Waals surface area contributed by atoms with Gasteiger partial charge in [0.2, 0.25) is 0 Å². The number of hydrogen-bond donors (Lipinski definition) is 1. The van der Waals surface area contributed by atoms with Gasteiger partial charge in [-0.05, 0) is 56.0 Å². The van der Waals surface area contributed by atoms with E-state index in [4.69, 9.17) is 5.11 Å². The van der Waals surface area contributed by atoms with E-state index in [1.807, 2.05) is 0 Å². The van der Waals surface area contributed by atoms with Crippen LogP contribution in [0.15, 0.2) is 18.2 Å². The SMILES string of the molecule is CC1CCCN(Cc2cc(F)cc(C(=O)O)c2)C1C. The largest absolute Gasteiger partial charge is 0.478 e. The molecule has 19 heavy (non-hydrogen) atoms. The molecule has 3 nitrogen and oxygen atoms in total. The molecule has 0 saturated carbocycles. The van der Waals surface area contributed by atoms with Gasteiger partial charge in [0, 0.05) is 12.6 Å². The van der Waals surface area contributed by atoms with E-state index in [1.54, 1.807) is 6.07 Å². The van der Waals surface area contributed by atoms with Crippen LogP contribution < -0.4 is 0 Å². The minimum absolute atomic E-state index is 0.0210. The predicted molar refractivity (Wildman–Crippen MR) is 71.6 cm³/mol. The van der Waals surface area contributed by atoms with Gasteiger partial charge in [-0.1, -0.05) is 6.92 Å². The molecule has 1 saturated heterocycles. The van der Waals surface area contributed by atoms with Crippen molar-refractivity contribution in [3.63, 3.8) is 0 Å². The first-order chi connectivity index (χ1) is 8.97. The molecule has 2 unspecified atom stereocenters. The van der Waals surface area contributed by atoms with E-state index >= 15 is 0 Å². The first-order valence-electron chi connectivity index (χ1n) is 6.74. The van der Waals surface area contributed by atoms with Crippen molar-refractivity contribution in [2.75, 3.05) is 6.54 Å². The zero-order valence-electron chi connectivity index (χ0n) is 11.4. The van der Waals surface area contributed by atoms with Crippen molar-refractivity contribution in [2.24, 2.45) is 5.92 Å². The Bertz CT molecular complexity index is 475. The summed E-state index contributed by atoms with van der Waals surface area (Å²) in [5.74, 6) is -0.935. The van der Waals surface area contributed by atoms with Crippen LogP contribution in [0.1, 0.15) is 42.6 Å². The number of benzene rings is 1. The van der Waals surface area contributed by atoms with Crippen LogP contribution >= 0.6 is 0 Å². The lowest BCUT2D eigenvalue weighted by atomic mass is 9.91. The maximum absolute atomic E-state index is 13.4. The van der Waals surface area contributed by atoms with Crippen LogP contribution in [0.25, 0.3) is 0 Å². The fourth-order valence-corrected chi connectivity index (χ4v) is 2.74. The summed E-state index contributed by atoms with van der Waals surface area (Å²) in [4.78, 5) is 13.2. The molecule has 0 radical (unpaired) electrons. The summed E-state index contributed by atoms with van der Waals surface area (Å²) in [7, 11) is 0. The number of carboxylic acids is 1. The van der Waals surface area contributed by atoms with Gasteiger partial charge >= 0.3 is 5.97 Å². The van der Waals surface area contributed by atoms with E-state index in [2.05, 4.69) is 18.7 Å². The van der Waals surface area contributed by atoms with Gasteiger partial charge in [-0.25, -0.2) is 9.18 Å². The van der Waals surface area contributed by atoms with E-state index in [1.165, 1.54) is 12.5 Å². The molecule has 1 fully saturated rings. The lowest BCUT2D eigenvalue weighted by molar-refractivity contribution is 0.0695. The van der Waals surface area contributed by atoms with Gasteiger partial charge in [0.1, 0.15) is 5.82 Å². The Morgan fingerprint density at radius 3 is 2.84 bits per heavy atom. The highest BCUT2D eigenvalue weighted by Crippen LogP contribution is 2.24. The monoisotopic (exact) mass is 265 g/mol. The molecule has 2 rings (SSSR count). The highest BCUT2D eigenvalue weighted by Gasteiger charge is 2.24. The van der Waals surface area contributed by atoms with Crippen LogP contribution in [0, 0.1) is 11.7 Å². The molecule has 2 atom stereocenters. The van der Waals surface area contributed by atoms with Gasteiger partial charge in [0.05, 0.1) is 5.56 Å². The number of carboxylic acid groups (broad SMARTS) is 1. The highest BCUT2D eigenvalue weighted by molar-refractivity contribution is 5.87. The van der Waals surface area contributed by atoms with E-state index < -0.39 is 11.8 Å². The third-order valence-electron chi connectivity index (χ3n) is 4.09. The second-order valence-corrected chi connectivity index (χ2v) is 5.48. The predicted octanol–water partition coefficient (Wildman–Crippen LogP) is 3.14. The van der Waals surface area contributed by atoms with Crippen LogP contribution in [0.2, 0.25) is 0 Å². The molecule has 4 heteroatoms. The molecule has 104 valence electrons. The number of likely N-dealkylation sites (tertiary alicyclic amines) is 1. The van der Waals surface area contributed by atoms with Crippen molar-refractivity contribution in [2.45, 2.75) is 39.3 Å². The summed E-state index contributed by atoms with van der Waals surface area (Å²) in [5, 5.41) is 8.95. The van der Waals surface area contributed by atoms with Crippen molar-refractivity contribution in [1.82, 2.24) is 4.90 Å². The lowest BCUT2D eigenvalue weighted by Gasteiger charge is -2.38. The fraction of sp³-hybridized carbons (Fsp3) is 0.533. The van der Waals surface area contributed by atoms with Gasteiger partial charge in [-0.3, -0.25) is 4.90 Å². The van der Waals surface area contributed by atoms with Crippen LogP contribution in [0.5, 0.6) is 0 Å². The molecule has 0 aromatic heterocycles. The number of piperidine rings is 1. The second-order valence-electron chi connectivity index (χ2n) is 5.48. The summed E-state index contributed by atoms with van der Waals surface area (Å²) in [6.45, 7) is 6.01. The molecule has 1 heterocycles. The summed E-state index contributed by atoms with van der Waals surface area (Å²) in [6.07, 6.45) is 2.37. The normalized spacial score (nSPS) is 24.4. The van der Waals surface area contributed by atoms with Crippen LogP contribution in [-0.2, 0) is 6.54 Å². The van der Waals surface area contributed by atoms with Crippen LogP contribution in [0.3, 0.4) is 0 Å². The minimum atomic E-state index is -1.08. The van der Waals surface area contributed by atoms with Gasteiger partial charge < -0.3 is 5.11 Å². The second kappa shape index (κ2) is 5.70. The van der Waals surface area contributed by atoms with Gasteiger partial charge in [0.15, 0.2) is 0 Å². The third-order valence-corrected chi connectivity index (χ3v) is 4.09. The summed E-state index contributed by atoms with van der Waals surface area (Å²) in [6, 6.07) is 4.51. The molecule has 0 aliphatic carbocycles. The molecular formula is C15H20FNO2. The summed E-state index contributed by atoms with van der Waals surface area (Å²) < 4.78 is 13.4. The molecule has 1 aliphatic heterocycles. The Balaban J connectivity index is 2.16. The average Bonchev–Trinajstić information content (AvgIpc) is 2.34. The molecule has 1 N–H and O–H groups in total. The maximum Gasteiger partial charge on any atom is 0.335 e. The van der Waals surface area contributed by atoms with E-state index in [0.29, 0.717) is 18.5 Å². The molecule has 1 aromatic carbocycles. The Morgan fingerprint density at radius 1 is 1.42 bits per heavy atom. The maximum atomic E-state index is 13.4. The highest BCUT2D eigenvalue weighted by atomic mass is 19.1. The van der Waals surface area contributed by atoms with Crippen LogP contribution in [0.4, 0.5) is 4.39 Å². The van der Waals surface area contributed by atoms with Gasteiger partial charge in [0.25, 0.3) is 0 Å². The molecular weight excluding hydrogens is 245 g/mol. The fourth-order valence-electron chi connectivity index (χ4n) is 2.74. The number of aromatic carboxylic acids is 1. The zero-order chi connectivity index (χ0) is 14.0. The Labute approximate surface area is 113 Å². The van der Waals surface area contributed by atoms with Crippen molar-refractivity contribution >= 4 is 5.97 Å².